The van der Waals surface area contributed by atoms with E-state index >= 15 is 0 Å². The molecule has 1 aromatic heterocycles. The van der Waals surface area contributed by atoms with E-state index in [4.69, 9.17) is 0 Å². The number of methoxy groups -OCH3 is 1. The molecular weight excluding hydrogens is 262 g/mol. The first-order chi connectivity index (χ1) is 9.43. The molecular formula is C13H13N3O4. The summed E-state index contributed by atoms with van der Waals surface area (Å²) in [5.74, 6) is -0.750. The first-order valence-corrected chi connectivity index (χ1v) is 5.84. The Kier molecular flexibility index (Phi) is 3.51. The molecule has 0 saturated heterocycles. The van der Waals surface area contributed by atoms with Crippen LogP contribution in [0.1, 0.15) is 21.7 Å². The number of hydrogen-bond donors (Lipinski definition) is 0. The van der Waals surface area contributed by atoms with Gasteiger partial charge >= 0.3 is 5.97 Å². The number of rotatable bonds is 3. The van der Waals surface area contributed by atoms with Crippen LogP contribution >= 0.6 is 0 Å². The first kappa shape index (κ1) is 13.7. The van der Waals surface area contributed by atoms with Gasteiger partial charge in [-0.2, -0.15) is 5.10 Å². The second-order valence-corrected chi connectivity index (χ2v) is 4.29. The van der Waals surface area contributed by atoms with Crippen molar-refractivity contribution in [1.82, 2.24) is 9.78 Å². The molecule has 0 spiro atoms. The Bertz CT molecular complexity index is 691. The number of nitro benzene ring substituents is 1. The highest BCUT2D eigenvalue weighted by Crippen LogP contribution is 2.23. The monoisotopic (exact) mass is 275 g/mol. The van der Waals surface area contributed by atoms with Crippen molar-refractivity contribution in [2.45, 2.75) is 13.8 Å². The molecule has 0 atom stereocenters. The Labute approximate surface area is 114 Å². The van der Waals surface area contributed by atoms with Gasteiger partial charge in [0.25, 0.3) is 5.69 Å². The van der Waals surface area contributed by atoms with Crippen LogP contribution < -0.4 is 0 Å². The molecule has 1 aromatic carbocycles. The van der Waals surface area contributed by atoms with Gasteiger partial charge in [0.05, 0.1) is 23.4 Å². The average molecular weight is 275 g/mol. The third-order valence-electron chi connectivity index (χ3n) is 2.84. The zero-order valence-electron chi connectivity index (χ0n) is 11.3. The Morgan fingerprint density at radius 2 is 2.05 bits per heavy atom. The van der Waals surface area contributed by atoms with Crippen LogP contribution in [0, 0.1) is 24.0 Å². The molecule has 20 heavy (non-hydrogen) atoms. The molecule has 104 valence electrons. The van der Waals surface area contributed by atoms with Gasteiger partial charge in [-0.25, -0.2) is 9.48 Å². The third-order valence-corrected chi connectivity index (χ3v) is 2.84. The molecule has 0 amide bonds. The number of esters is 1. The second kappa shape index (κ2) is 5.12. The lowest BCUT2D eigenvalue weighted by Gasteiger charge is -2.07. The van der Waals surface area contributed by atoms with Gasteiger partial charge in [0, 0.05) is 11.8 Å². The molecule has 7 nitrogen and oxygen atoms in total. The number of benzene rings is 1. The SMILES string of the molecule is COC(=O)c1cc(-n2nc(C)cc2C)ccc1[N+](=O)[O-]. The van der Waals surface area contributed by atoms with E-state index in [2.05, 4.69) is 9.84 Å². The van der Waals surface area contributed by atoms with Gasteiger partial charge in [-0.3, -0.25) is 10.1 Å². The molecule has 0 N–H and O–H groups in total. The molecule has 0 bridgehead atoms. The molecule has 0 radical (unpaired) electrons. The van der Waals surface area contributed by atoms with E-state index in [1.807, 2.05) is 19.9 Å². The van der Waals surface area contributed by atoms with E-state index < -0.39 is 10.9 Å². The van der Waals surface area contributed by atoms with E-state index in [9.17, 15) is 14.9 Å². The van der Waals surface area contributed by atoms with Gasteiger partial charge < -0.3 is 4.74 Å². The number of ether oxygens (including phenoxy) is 1. The van der Waals surface area contributed by atoms with Gasteiger partial charge in [0.15, 0.2) is 0 Å². The van der Waals surface area contributed by atoms with Crippen molar-refractivity contribution in [3.05, 3.63) is 51.3 Å². The van der Waals surface area contributed by atoms with E-state index in [0.717, 1.165) is 11.4 Å². The number of hydrogen-bond acceptors (Lipinski definition) is 5. The standard InChI is InChI=1S/C13H13N3O4/c1-8-6-9(2)15(14-8)10-4-5-12(16(18)19)11(7-10)13(17)20-3/h4-7H,1-3H3. The van der Waals surface area contributed by atoms with E-state index in [-0.39, 0.29) is 11.3 Å². The lowest BCUT2D eigenvalue weighted by atomic mass is 10.1. The van der Waals surface area contributed by atoms with Crippen LogP contribution in [0.2, 0.25) is 0 Å². The Morgan fingerprint density at radius 1 is 1.35 bits per heavy atom. The fraction of sp³-hybridized carbons (Fsp3) is 0.231. The summed E-state index contributed by atoms with van der Waals surface area (Å²) in [6, 6.07) is 6.10. The lowest BCUT2D eigenvalue weighted by Crippen LogP contribution is -2.08. The summed E-state index contributed by atoms with van der Waals surface area (Å²) >= 11 is 0. The fourth-order valence-corrected chi connectivity index (χ4v) is 1.98. The number of nitro groups is 1. The number of aromatic nitrogens is 2. The van der Waals surface area contributed by atoms with Crippen molar-refractivity contribution >= 4 is 11.7 Å². The van der Waals surface area contributed by atoms with Gasteiger partial charge in [-0.1, -0.05) is 0 Å². The van der Waals surface area contributed by atoms with Crippen molar-refractivity contribution in [2.24, 2.45) is 0 Å². The van der Waals surface area contributed by atoms with Crippen molar-refractivity contribution in [2.75, 3.05) is 7.11 Å². The number of carbonyl (C=O) groups excluding carboxylic acids is 1. The van der Waals surface area contributed by atoms with Crippen LogP contribution in [0.4, 0.5) is 5.69 Å². The molecule has 0 aliphatic carbocycles. The van der Waals surface area contributed by atoms with Crippen LogP contribution in [0.15, 0.2) is 24.3 Å². The topological polar surface area (TPSA) is 87.3 Å². The molecule has 0 unspecified atom stereocenters. The average Bonchev–Trinajstić information content (AvgIpc) is 2.76. The van der Waals surface area contributed by atoms with Gasteiger partial charge in [-0.05, 0) is 32.0 Å². The maximum absolute atomic E-state index is 11.7. The summed E-state index contributed by atoms with van der Waals surface area (Å²) in [5.41, 5.74) is 1.87. The zero-order valence-corrected chi connectivity index (χ0v) is 11.3. The predicted molar refractivity (Wildman–Crippen MR) is 71.0 cm³/mol. The zero-order chi connectivity index (χ0) is 14.9. The van der Waals surface area contributed by atoms with Crippen molar-refractivity contribution < 1.29 is 14.5 Å². The minimum atomic E-state index is -0.750. The predicted octanol–water partition coefficient (Wildman–Crippen LogP) is 2.18. The van der Waals surface area contributed by atoms with Crippen molar-refractivity contribution in [1.29, 1.82) is 0 Å². The van der Waals surface area contributed by atoms with Crippen LogP contribution in [-0.2, 0) is 4.74 Å². The summed E-state index contributed by atoms with van der Waals surface area (Å²) in [5, 5.41) is 15.2. The quantitative estimate of drug-likeness (QED) is 0.486. The van der Waals surface area contributed by atoms with Gasteiger partial charge in [0.1, 0.15) is 5.56 Å². The highest BCUT2D eigenvalue weighted by molar-refractivity contribution is 5.94. The Morgan fingerprint density at radius 3 is 2.55 bits per heavy atom. The van der Waals surface area contributed by atoms with Crippen LogP contribution in [0.25, 0.3) is 5.69 Å². The van der Waals surface area contributed by atoms with Crippen molar-refractivity contribution in [3.63, 3.8) is 0 Å². The Hall–Kier alpha value is -2.70. The molecule has 1 heterocycles. The summed E-state index contributed by atoms with van der Waals surface area (Å²) in [6.07, 6.45) is 0. The number of nitrogens with zero attached hydrogens (tertiary/aromatic N) is 3. The molecule has 2 aromatic rings. The minimum absolute atomic E-state index is 0.0949. The van der Waals surface area contributed by atoms with Gasteiger partial charge in [0.2, 0.25) is 0 Å². The van der Waals surface area contributed by atoms with Crippen LogP contribution in [-0.4, -0.2) is 27.8 Å². The van der Waals surface area contributed by atoms with Crippen molar-refractivity contribution in [3.8, 4) is 5.69 Å². The molecule has 2 rings (SSSR count). The van der Waals surface area contributed by atoms with E-state index in [1.54, 1.807) is 10.7 Å². The minimum Gasteiger partial charge on any atom is -0.465 e. The molecule has 7 heteroatoms. The highest BCUT2D eigenvalue weighted by Gasteiger charge is 2.22. The smallest absolute Gasteiger partial charge is 0.344 e. The van der Waals surface area contributed by atoms with Crippen LogP contribution in [0.5, 0.6) is 0 Å². The summed E-state index contributed by atoms with van der Waals surface area (Å²) in [4.78, 5) is 22.0. The lowest BCUT2D eigenvalue weighted by molar-refractivity contribution is -0.385. The summed E-state index contributed by atoms with van der Waals surface area (Å²) in [7, 11) is 1.18. The largest absolute Gasteiger partial charge is 0.465 e. The third kappa shape index (κ3) is 2.37. The Balaban J connectivity index is 2.60. The number of aryl methyl sites for hydroxylation is 2. The molecule has 0 fully saturated rings. The molecule has 0 aliphatic heterocycles. The van der Waals surface area contributed by atoms with E-state index in [0.29, 0.717) is 5.69 Å². The van der Waals surface area contributed by atoms with Gasteiger partial charge in [-0.15, -0.1) is 0 Å². The molecule has 0 aliphatic rings. The van der Waals surface area contributed by atoms with Crippen LogP contribution in [0.3, 0.4) is 0 Å². The molecule has 0 saturated carbocycles. The maximum Gasteiger partial charge on any atom is 0.344 e. The number of carbonyl (C=O) groups is 1. The summed E-state index contributed by atoms with van der Waals surface area (Å²) < 4.78 is 6.20. The first-order valence-electron chi connectivity index (χ1n) is 5.84. The van der Waals surface area contributed by atoms with E-state index in [1.165, 1.54) is 19.2 Å². The highest BCUT2D eigenvalue weighted by atomic mass is 16.6. The fourth-order valence-electron chi connectivity index (χ4n) is 1.98. The maximum atomic E-state index is 11.7. The summed E-state index contributed by atoms with van der Waals surface area (Å²) in [6.45, 7) is 3.70. The second-order valence-electron chi connectivity index (χ2n) is 4.29. The normalized spacial score (nSPS) is 10.3.